The van der Waals surface area contributed by atoms with Crippen LogP contribution in [0.4, 0.5) is 5.82 Å². The van der Waals surface area contributed by atoms with Crippen LogP contribution in [0.1, 0.15) is 53.0 Å². The smallest absolute Gasteiger partial charge is 0.128 e. The highest BCUT2D eigenvalue weighted by molar-refractivity contribution is 5.40. The zero-order valence-corrected chi connectivity index (χ0v) is 14.3. The molecule has 0 amide bonds. The molecule has 1 unspecified atom stereocenters. The molecule has 0 radical (unpaired) electrons. The quantitative estimate of drug-likeness (QED) is 0.918. The second-order valence-corrected chi connectivity index (χ2v) is 7.33. The summed E-state index contributed by atoms with van der Waals surface area (Å²) >= 11 is 0. The van der Waals surface area contributed by atoms with Crippen molar-refractivity contribution in [2.75, 3.05) is 24.5 Å². The number of pyridine rings is 1. The van der Waals surface area contributed by atoms with Gasteiger partial charge in [-0.05, 0) is 49.3 Å². The summed E-state index contributed by atoms with van der Waals surface area (Å²) in [5, 5.41) is 3.56. The number of nitrogens with one attached hydrogen (secondary N) is 1. The summed E-state index contributed by atoms with van der Waals surface area (Å²) in [6, 6.07) is 5.05. The molecule has 1 aromatic rings. The summed E-state index contributed by atoms with van der Waals surface area (Å²) < 4.78 is 0. The third-order valence-electron chi connectivity index (χ3n) is 4.71. The molecule has 1 aliphatic rings. The first-order valence-corrected chi connectivity index (χ1v) is 8.36. The average Bonchev–Trinajstić information content (AvgIpc) is 2.47. The summed E-state index contributed by atoms with van der Waals surface area (Å²) in [5.74, 6) is 1.94. The second-order valence-electron chi connectivity index (χ2n) is 7.33. The Hall–Kier alpha value is -1.09. The Morgan fingerprint density at radius 3 is 2.43 bits per heavy atom. The van der Waals surface area contributed by atoms with Gasteiger partial charge in [0, 0.05) is 25.3 Å². The predicted molar refractivity (Wildman–Crippen MR) is 91.0 cm³/mol. The van der Waals surface area contributed by atoms with Gasteiger partial charge in [0.2, 0.25) is 0 Å². The molecule has 2 rings (SSSR count). The Morgan fingerprint density at radius 1 is 1.29 bits per heavy atom. The van der Waals surface area contributed by atoms with E-state index in [-0.39, 0.29) is 5.41 Å². The summed E-state index contributed by atoms with van der Waals surface area (Å²) in [5.41, 5.74) is 1.49. The molecule has 0 aromatic carbocycles. The topological polar surface area (TPSA) is 28.2 Å². The van der Waals surface area contributed by atoms with Gasteiger partial charge in [-0.1, -0.05) is 33.8 Å². The van der Waals surface area contributed by atoms with Gasteiger partial charge in [0.15, 0.2) is 0 Å². The van der Waals surface area contributed by atoms with Crippen molar-refractivity contribution in [2.45, 2.75) is 58.9 Å². The van der Waals surface area contributed by atoms with Crippen molar-refractivity contribution in [2.24, 2.45) is 5.92 Å². The van der Waals surface area contributed by atoms with E-state index in [0.717, 1.165) is 31.4 Å². The monoisotopic (exact) mass is 289 g/mol. The fraction of sp³-hybridized carbons (Fsp3) is 0.722. The van der Waals surface area contributed by atoms with Crippen LogP contribution in [0.25, 0.3) is 0 Å². The van der Waals surface area contributed by atoms with Crippen LogP contribution in [0.2, 0.25) is 0 Å². The van der Waals surface area contributed by atoms with Crippen LogP contribution in [0.3, 0.4) is 0 Å². The average molecular weight is 289 g/mol. The summed E-state index contributed by atoms with van der Waals surface area (Å²) in [6.45, 7) is 14.5. The van der Waals surface area contributed by atoms with Gasteiger partial charge in [-0.25, -0.2) is 4.98 Å². The van der Waals surface area contributed by atoms with Crippen molar-refractivity contribution >= 4 is 5.82 Å². The van der Waals surface area contributed by atoms with E-state index in [4.69, 9.17) is 0 Å². The van der Waals surface area contributed by atoms with Crippen molar-refractivity contribution in [3.8, 4) is 0 Å². The minimum atomic E-state index is 0.180. The minimum Gasteiger partial charge on any atom is -0.357 e. The molecule has 1 N–H and O–H groups in total. The third-order valence-corrected chi connectivity index (χ3v) is 4.71. The number of anilines is 1. The fourth-order valence-corrected chi connectivity index (χ4v) is 3.13. The number of piperidine rings is 1. The van der Waals surface area contributed by atoms with Crippen LogP contribution < -0.4 is 10.2 Å². The zero-order chi connectivity index (χ0) is 15.5. The molecule has 1 saturated heterocycles. The van der Waals surface area contributed by atoms with E-state index in [9.17, 15) is 0 Å². The maximum atomic E-state index is 4.69. The number of nitrogens with zero attached hydrogens (tertiary/aromatic N) is 2. The molecule has 0 bridgehead atoms. The number of hydrogen-bond acceptors (Lipinski definition) is 3. The lowest BCUT2D eigenvalue weighted by molar-refractivity contribution is 0.314. The van der Waals surface area contributed by atoms with E-state index >= 15 is 0 Å². The number of hydrogen-bond donors (Lipinski definition) is 1. The van der Waals surface area contributed by atoms with Gasteiger partial charge in [-0.2, -0.15) is 0 Å². The predicted octanol–water partition coefficient (Wildman–Crippen LogP) is 3.59. The Balaban J connectivity index is 1.93. The van der Waals surface area contributed by atoms with Crippen molar-refractivity contribution in [3.05, 3.63) is 23.9 Å². The Bertz CT molecular complexity index is 425. The van der Waals surface area contributed by atoms with Gasteiger partial charge >= 0.3 is 0 Å². The van der Waals surface area contributed by atoms with Gasteiger partial charge in [0.1, 0.15) is 5.82 Å². The van der Waals surface area contributed by atoms with Gasteiger partial charge in [0.05, 0.1) is 0 Å². The van der Waals surface area contributed by atoms with Crippen molar-refractivity contribution in [1.82, 2.24) is 10.3 Å². The molecular formula is C18H31N3. The largest absolute Gasteiger partial charge is 0.357 e. The van der Waals surface area contributed by atoms with Crippen LogP contribution in [0.5, 0.6) is 0 Å². The van der Waals surface area contributed by atoms with E-state index in [2.05, 4.69) is 62.0 Å². The number of aromatic nitrogens is 1. The molecule has 21 heavy (non-hydrogen) atoms. The summed E-state index contributed by atoms with van der Waals surface area (Å²) in [6.07, 6.45) is 4.57. The van der Waals surface area contributed by atoms with Crippen LogP contribution >= 0.6 is 0 Å². The fourth-order valence-electron chi connectivity index (χ4n) is 3.13. The molecule has 0 spiro atoms. The van der Waals surface area contributed by atoms with E-state index in [1.54, 1.807) is 0 Å². The zero-order valence-electron chi connectivity index (χ0n) is 14.3. The lowest BCUT2D eigenvalue weighted by Gasteiger charge is -2.36. The maximum Gasteiger partial charge on any atom is 0.128 e. The molecule has 1 aromatic heterocycles. The van der Waals surface area contributed by atoms with Crippen molar-refractivity contribution in [1.29, 1.82) is 0 Å². The Kier molecular flexibility index (Phi) is 5.26. The van der Waals surface area contributed by atoms with E-state index in [1.807, 2.05) is 6.20 Å². The third kappa shape index (κ3) is 4.19. The maximum absolute atomic E-state index is 4.69. The van der Waals surface area contributed by atoms with Crippen LogP contribution in [0, 0.1) is 5.92 Å². The Morgan fingerprint density at radius 2 is 1.95 bits per heavy atom. The lowest BCUT2D eigenvalue weighted by atomic mass is 9.88. The summed E-state index contributed by atoms with van der Waals surface area (Å²) in [7, 11) is 0. The van der Waals surface area contributed by atoms with Crippen molar-refractivity contribution in [3.63, 3.8) is 0 Å². The van der Waals surface area contributed by atoms with Crippen LogP contribution in [-0.2, 0) is 5.41 Å². The molecule has 0 aliphatic carbocycles. The standard InChI is InChI=1S/C18H31N3/c1-6-19-14(2)15-9-11-21(12-10-15)17-8-7-16(13-20-17)18(3,4)5/h7-8,13-15,19H,6,9-12H2,1-5H3. The van der Waals surface area contributed by atoms with Crippen molar-refractivity contribution < 1.29 is 0 Å². The molecule has 3 heteroatoms. The van der Waals surface area contributed by atoms with Gasteiger partial charge in [0.25, 0.3) is 0 Å². The first-order valence-electron chi connectivity index (χ1n) is 8.36. The van der Waals surface area contributed by atoms with Gasteiger partial charge < -0.3 is 10.2 Å². The van der Waals surface area contributed by atoms with Gasteiger partial charge in [-0.15, -0.1) is 0 Å². The van der Waals surface area contributed by atoms with E-state index in [0.29, 0.717) is 6.04 Å². The molecule has 118 valence electrons. The second kappa shape index (κ2) is 6.78. The van der Waals surface area contributed by atoms with Crippen LogP contribution in [-0.4, -0.2) is 30.7 Å². The molecule has 0 saturated carbocycles. The lowest BCUT2D eigenvalue weighted by Crippen LogP contribution is -2.42. The highest BCUT2D eigenvalue weighted by Gasteiger charge is 2.24. The molecule has 1 aliphatic heterocycles. The molecular weight excluding hydrogens is 258 g/mol. The highest BCUT2D eigenvalue weighted by atomic mass is 15.2. The molecule has 1 atom stereocenters. The normalized spacial score (nSPS) is 18.8. The van der Waals surface area contributed by atoms with E-state index in [1.165, 1.54) is 18.4 Å². The first-order chi connectivity index (χ1) is 9.91. The first kappa shape index (κ1) is 16.3. The van der Waals surface area contributed by atoms with E-state index < -0.39 is 0 Å². The molecule has 2 heterocycles. The molecule has 3 nitrogen and oxygen atoms in total. The SMILES string of the molecule is CCNC(C)C1CCN(c2ccc(C(C)(C)C)cn2)CC1. The summed E-state index contributed by atoms with van der Waals surface area (Å²) in [4.78, 5) is 7.12. The highest BCUT2D eigenvalue weighted by Crippen LogP contribution is 2.26. The minimum absolute atomic E-state index is 0.180. The van der Waals surface area contributed by atoms with Gasteiger partial charge in [-0.3, -0.25) is 0 Å². The number of rotatable bonds is 4. The molecule has 1 fully saturated rings. The van der Waals surface area contributed by atoms with Crippen LogP contribution in [0.15, 0.2) is 18.3 Å². The Labute approximate surface area is 130 Å².